The Morgan fingerprint density at radius 3 is 1.70 bits per heavy atom. The van der Waals surface area contributed by atoms with Crippen LogP contribution in [0.3, 0.4) is 0 Å². The second kappa shape index (κ2) is 7.75. The first-order valence-corrected chi connectivity index (χ1v) is 14.4. The molecule has 0 unspecified atom stereocenters. The van der Waals surface area contributed by atoms with Gasteiger partial charge in [-0.25, -0.2) is 0 Å². The normalized spacial score (nSPS) is 19.6. The molecule has 5 aromatic rings. The van der Waals surface area contributed by atoms with Gasteiger partial charge in [0.15, 0.2) is 0 Å². The highest BCUT2D eigenvalue weighted by Crippen LogP contribution is 2.44. The maximum atomic E-state index is 6.46. The quantitative estimate of drug-likeness (QED) is 0.164. The maximum Gasteiger partial charge on any atom is 0.494 e. The molecule has 0 bridgehead atoms. The fourth-order valence-electron chi connectivity index (χ4n) is 7.16. The predicted molar refractivity (Wildman–Crippen MR) is 169 cm³/mol. The lowest BCUT2D eigenvalue weighted by Crippen LogP contribution is -2.41. The Morgan fingerprint density at radius 2 is 1.10 bits per heavy atom. The minimum absolute atomic E-state index is 0.190. The molecule has 0 radical (unpaired) electrons. The lowest BCUT2D eigenvalue weighted by Gasteiger charge is -2.32. The van der Waals surface area contributed by atoms with E-state index in [1.807, 2.05) is 0 Å². The van der Waals surface area contributed by atoms with Crippen molar-refractivity contribution in [3.63, 3.8) is 0 Å². The van der Waals surface area contributed by atoms with Crippen LogP contribution >= 0.6 is 0 Å². The van der Waals surface area contributed by atoms with Crippen molar-refractivity contribution >= 4 is 51.6 Å². The van der Waals surface area contributed by atoms with Crippen LogP contribution in [0.15, 0.2) is 84.3 Å². The summed E-state index contributed by atoms with van der Waals surface area (Å²) in [5.41, 5.74) is 5.55. The molecule has 0 spiro atoms. The van der Waals surface area contributed by atoms with Crippen molar-refractivity contribution in [3.8, 4) is 11.1 Å². The molecule has 1 fully saturated rings. The van der Waals surface area contributed by atoms with Crippen LogP contribution < -0.4 is 10.4 Å². The van der Waals surface area contributed by atoms with Gasteiger partial charge in [0.25, 0.3) is 0 Å². The molecule has 1 saturated heterocycles. The van der Waals surface area contributed by atoms with Gasteiger partial charge in [-0.1, -0.05) is 86.7 Å². The molecule has 0 N–H and O–H groups in total. The summed E-state index contributed by atoms with van der Waals surface area (Å²) in [6.45, 7) is 13.1. The van der Waals surface area contributed by atoms with Gasteiger partial charge in [0.05, 0.1) is 11.2 Å². The zero-order valence-electron chi connectivity index (χ0n) is 24.1. The highest BCUT2D eigenvalue weighted by atomic mass is 16.7. The summed E-state index contributed by atoms with van der Waals surface area (Å²) in [5.74, 6) is 0. The fourth-order valence-corrected chi connectivity index (χ4v) is 7.16. The molecule has 1 aliphatic heterocycles. The average Bonchev–Trinajstić information content (AvgIpc) is 3.39. The monoisotopic (exact) mass is 520 g/mol. The lowest BCUT2D eigenvalue weighted by molar-refractivity contribution is 0.00578. The van der Waals surface area contributed by atoms with Crippen LogP contribution in [-0.2, 0) is 14.7 Å². The van der Waals surface area contributed by atoms with Crippen molar-refractivity contribution in [2.24, 2.45) is 0 Å². The van der Waals surface area contributed by atoms with E-state index in [0.717, 1.165) is 5.47 Å². The molecule has 0 aromatic heterocycles. The number of benzene rings is 5. The standard InChI is InChI=1S/C37H33BO2/c1-35(2)21-25(38-39-36(3,4)37(5,6)40-38)18-23-16-15-22-17-24-19-31-28-13-9-7-11-26(28)27-12-8-10-14-29(27)32(31)20-30(24)33(22)34(23)35/h7-21H,1-6H3. The van der Waals surface area contributed by atoms with Crippen molar-refractivity contribution < 1.29 is 9.31 Å². The topological polar surface area (TPSA) is 18.5 Å². The largest absolute Gasteiger partial charge is 0.494 e. The minimum atomic E-state index is -0.367. The van der Waals surface area contributed by atoms with Crippen molar-refractivity contribution in [2.75, 3.05) is 0 Å². The molecule has 0 amide bonds. The predicted octanol–water partition coefficient (Wildman–Crippen LogP) is 7.58. The molecule has 3 aliphatic rings. The molecule has 2 nitrogen and oxygen atoms in total. The molecule has 2 aliphatic carbocycles. The SMILES string of the molecule is CC1(C)C=C(B2OC(C)(C)C(C)(C)O2)C=c2ccc3c(c21)-c1cc2c4ccccc4c4ccccc4c2cc1C=3. The molecule has 0 atom stereocenters. The van der Waals surface area contributed by atoms with Crippen LogP contribution in [-0.4, -0.2) is 18.3 Å². The summed E-state index contributed by atoms with van der Waals surface area (Å²) in [6, 6.07) is 27.1. The van der Waals surface area contributed by atoms with Gasteiger partial charge in [-0.05, 0) is 116 Å². The van der Waals surface area contributed by atoms with Crippen LogP contribution in [0.4, 0.5) is 0 Å². The summed E-state index contributed by atoms with van der Waals surface area (Å²) in [6.07, 6.45) is 7.02. The second-order valence-corrected chi connectivity index (χ2v) is 13.3. The Bertz CT molecular complexity index is 2080. The van der Waals surface area contributed by atoms with E-state index in [2.05, 4.69) is 133 Å². The first-order valence-electron chi connectivity index (χ1n) is 14.4. The third kappa shape index (κ3) is 3.19. The van der Waals surface area contributed by atoms with E-state index in [9.17, 15) is 0 Å². The van der Waals surface area contributed by atoms with Gasteiger partial charge in [-0.2, -0.15) is 0 Å². The minimum Gasteiger partial charge on any atom is -0.399 e. The van der Waals surface area contributed by atoms with Gasteiger partial charge in [0, 0.05) is 5.41 Å². The Kier molecular flexibility index (Phi) is 4.68. The van der Waals surface area contributed by atoms with Crippen molar-refractivity contribution in [1.82, 2.24) is 0 Å². The Morgan fingerprint density at radius 1 is 0.575 bits per heavy atom. The van der Waals surface area contributed by atoms with Crippen molar-refractivity contribution in [1.29, 1.82) is 0 Å². The third-order valence-corrected chi connectivity index (χ3v) is 9.78. The van der Waals surface area contributed by atoms with Crippen molar-refractivity contribution in [3.05, 3.63) is 106 Å². The van der Waals surface area contributed by atoms with Gasteiger partial charge in [0.2, 0.25) is 0 Å². The number of hydrogen-bond acceptors (Lipinski definition) is 2. The molecule has 196 valence electrons. The smallest absolute Gasteiger partial charge is 0.399 e. The Hall–Kier alpha value is -3.66. The molecule has 40 heavy (non-hydrogen) atoms. The average molecular weight is 520 g/mol. The Labute approximate surface area is 235 Å². The van der Waals surface area contributed by atoms with Gasteiger partial charge in [0.1, 0.15) is 0 Å². The highest BCUT2D eigenvalue weighted by Gasteiger charge is 2.52. The second-order valence-electron chi connectivity index (χ2n) is 13.3. The van der Waals surface area contributed by atoms with E-state index in [0.29, 0.717) is 0 Å². The van der Waals surface area contributed by atoms with Crippen LogP contribution in [0.25, 0.3) is 55.6 Å². The summed E-state index contributed by atoms with van der Waals surface area (Å²) in [5, 5.41) is 10.4. The molecule has 1 heterocycles. The van der Waals surface area contributed by atoms with Crippen molar-refractivity contribution in [2.45, 2.75) is 58.2 Å². The Balaban J connectivity index is 1.37. The summed E-state index contributed by atoms with van der Waals surface area (Å²) < 4.78 is 12.9. The van der Waals surface area contributed by atoms with E-state index >= 15 is 0 Å². The number of fused-ring (bicyclic) bond motifs is 11. The van der Waals surface area contributed by atoms with E-state index in [-0.39, 0.29) is 23.7 Å². The van der Waals surface area contributed by atoms with Gasteiger partial charge >= 0.3 is 7.12 Å². The highest BCUT2D eigenvalue weighted by molar-refractivity contribution is 6.57. The first-order chi connectivity index (χ1) is 19.0. The molecule has 3 heteroatoms. The van der Waals surface area contributed by atoms with Gasteiger partial charge < -0.3 is 9.31 Å². The van der Waals surface area contributed by atoms with E-state index < -0.39 is 0 Å². The van der Waals surface area contributed by atoms with E-state index in [1.54, 1.807) is 0 Å². The van der Waals surface area contributed by atoms with Gasteiger partial charge in [-0.3, -0.25) is 0 Å². The van der Waals surface area contributed by atoms with Crippen LogP contribution in [0.2, 0.25) is 0 Å². The first kappa shape index (κ1) is 24.2. The number of hydrogen-bond donors (Lipinski definition) is 0. The summed E-state index contributed by atoms with van der Waals surface area (Å²) in [7, 11) is -0.367. The zero-order chi connectivity index (χ0) is 27.6. The number of allylic oxidation sites excluding steroid dienone is 2. The number of rotatable bonds is 1. The molecule has 8 rings (SSSR count). The maximum absolute atomic E-state index is 6.46. The van der Waals surface area contributed by atoms with Crippen LogP contribution in [0.1, 0.15) is 52.7 Å². The fraction of sp³-hybridized carbons (Fsp3) is 0.243. The van der Waals surface area contributed by atoms with Gasteiger partial charge in [-0.15, -0.1) is 0 Å². The summed E-state index contributed by atoms with van der Waals surface area (Å²) in [4.78, 5) is 0. The molecule has 5 aromatic carbocycles. The lowest BCUT2D eigenvalue weighted by atomic mass is 9.67. The zero-order valence-corrected chi connectivity index (χ0v) is 24.1. The van der Waals surface area contributed by atoms with Crippen LogP contribution in [0, 0.1) is 0 Å². The van der Waals surface area contributed by atoms with E-state index in [4.69, 9.17) is 9.31 Å². The van der Waals surface area contributed by atoms with E-state index in [1.165, 1.54) is 65.0 Å². The molecule has 0 saturated carbocycles. The summed E-state index contributed by atoms with van der Waals surface area (Å²) >= 11 is 0. The van der Waals surface area contributed by atoms with Crippen LogP contribution in [0.5, 0.6) is 0 Å². The molecular weight excluding hydrogens is 487 g/mol. The third-order valence-electron chi connectivity index (χ3n) is 9.78. The molecular formula is C37H33BO2.